The lowest BCUT2D eigenvalue weighted by Crippen LogP contribution is -2.40. The monoisotopic (exact) mass is 507 g/mol. The van der Waals surface area contributed by atoms with E-state index in [-0.39, 0.29) is 23.9 Å². The summed E-state index contributed by atoms with van der Waals surface area (Å²) in [5.74, 6) is -0.944. The van der Waals surface area contributed by atoms with Crippen LogP contribution in [-0.4, -0.2) is 48.4 Å². The summed E-state index contributed by atoms with van der Waals surface area (Å²) < 4.78 is 35.2. The Morgan fingerprint density at radius 2 is 2.06 bits per heavy atom. The molecule has 8 nitrogen and oxygen atoms in total. The second kappa shape index (κ2) is 9.88. The Hall–Kier alpha value is -2.34. The van der Waals surface area contributed by atoms with E-state index in [0.29, 0.717) is 17.6 Å². The Labute approximate surface area is 200 Å². The van der Waals surface area contributed by atoms with Crippen LogP contribution in [0.1, 0.15) is 32.3 Å². The average molecular weight is 508 g/mol. The second-order valence-electron chi connectivity index (χ2n) is 7.59. The maximum Gasteiger partial charge on any atom is 0.326 e. The molecule has 1 aliphatic rings. The Kier molecular flexibility index (Phi) is 7.13. The number of ether oxygens (including phenoxy) is 1. The van der Waals surface area contributed by atoms with E-state index in [1.165, 1.54) is 15.6 Å². The first-order valence-electron chi connectivity index (χ1n) is 10.8. The lowest BCUT2D eigenvalue weighted by Gasteiger charge is -2.20. The van der Waals surface area contributed by atoms with Crippen molar-refractivity contribution in [3.05, 3.63) is 46.1 Å². The highest BCUT2D eigenvalue weighted by molar-refractivity contribution is 7.91. The molecule has 0 aliphatic carbocycles. The molecular formula is C22H25N3O5S3. The van der Waals surface area contributed by atoms with Gasteiger partial charge in [-0.3, -0.25) is 9.59 Å². The largest absolute Gasteiger partial charge is 0.465 e. The topological polar surface area (TPSA) is 98.0 Å². The fraction of sp³-hybridized carbons (Fsp3) is 0.409. The fourth-order valence-electron chi connectivity index (χ4n) is 3.88. The fourth-order valence-corrected chi connectivity index (χ4v) is 7.75. The van der Waals surface area contributed by atoms with Crippen molar-refractivity contribution in [2.24, 2.45) is 4.99 Å². The van der Waals surface area contributed by atoms with Crippen LogP contribution >= 0.6 is 22.7 Å². The number of carbonyl (C=O) groups is 2. The third-order valence-electron chi connectivity index (χ3n) is 5.50. The van der Waals surface area contributed by atoms with Crippen LogP contribution in [0.5, 0.6) is 0 Å². The number of aryl methyl sites for hydroxylation is 1. The summed E-state index contributed by atoms with van der Waals surface area (Å²) in [5, 5.41) is 1.70. The molecule has 0 N–H and O–H groups in total. The zero-order chi connectivity index (χ0) is 23.6. The molecule has 1 saturated heterocycles. The molecule has 2 aromatic heterocycles. The number of carbonyl (C=O) groups excluding carboxylic acids is 2. The summed E-state index contributed by atoms with van der Waals surface area (Å²) in [6.07, 6.45) is 1.86. The lowest BCUT2D eigenvalue weighted by atomic mass is 10.2. The maximum atomic E-state index is 13.2. The highest BCUT2D eigenvalue weighted by Crippen LogP contribution is 2.29. The van der Waals surface area contributed by atoms with Gasteiger partial charge in [-0.25, -0.2) is 8.42 Å². The van der Waals surface area contributed by atoms with Gasteiger partial charge in [0.25, 0.3) is 15.9 Å². The van der Waals surface area contributed by atoms with Crippen molar-refractivity contribution >= 4 is 54.8 Å². The molecule has 0 spiro atoms. The Morgan fingerprint density at radius 1 is 1.24 bits per heavy atom. The smallest absolute Gasteiger partial charge is 0.326 e. The number of thiophene rings is 1. The Bertz CT molecular complexity index is 1340. The molecule has 4 rings (SSSR count). The van der Waals surface area contributed by atoms with Crippen molar-refractivity contribution in [3.8, 4) is 0 Å². The summed E-state index contributed by atoms with van der Waals surface area (Å²) in [7, 11) is -3.76. The molecule has 11 heteroatoms. The molecule has 33 heavy (non-hydrogen) atoms. The van der Waals surface area contributed by atoms with E-state index in [4.69, 9.17) is 4.74 Å². The van der Waals surface area contributed by atoms with Crippen molar-refractivity contribution < 1.29 is 22.7 Å². The predicted octanol–water partition coefficient (Wildman–Crippen LogP) is 3.17. The van der Waals surface area contributed by atoms with E-state index < -0.39 is 27.9 Å². The minimum absolute atomic E-state index is 0.0761. The van der Waals surface area contributed by atoms with Gasteiger partial charge in [0, 0.05) is 6.54 Å². The zero-order valence-electron chi connectivity index (χ0n) is 18.4. The highest BCUT2D eigenvalue weighted by atomic mass is 32.2. The summed E-state index contributed by atoms with van der Waals surface area (Å²) in [6, 6.07) is 8.28. The van der Waals surface area contributed by atoms with Crippen LogP contribution in [0.25, 0.3) is 10.2 Å². The van der Waals surface area contributed by atoms with Gasteiger partial charge in [0.05, 0.1) is 16.8 Å². The second-order valence-corrected chi connectivity index (χ2v) is 11.7. The van der Waals surface area contributed by atoms with E-state index in [1.54, 1.807) is 29.0 Å². The minimum atomic E-state index is -3.76. The van der Waals surface area contributed by atoms with Gasteiger partial charge in [-0.15, -0.1) is 11.3 Å². The van der Waals surface area contributed by atoms with Gasteiger partial charge in [-0.05, 0) is 55.3 Å². The SMILES string of the molecule is CCOC(=O)Cn1c(=NC(=O)C2CCCN2S(=O)(=O)c2cccs2)sc2cc(CC)ccc21. The minimum Gasteiger partial charge on any atom is -0.465 e. The van der Waals surface area contributed by atoms with Crippen LogP contribution in [-0.2, 0) is 37.3 Å². The van der Waals surface area contributed by atoms with E-state index in [2.05, 4.69) is 11.9 Å². The number of hydrogen-bond acceptors (Lipinski definition) is 7. The molecule has 0 radical (unpaired) electrons. The van der Waals surface area contributed by atoms with Crippen LogP contribution in [0.15, 0.2) is 44.9 Å². The Balaban J connectivity index is 1.74. The number of benzene rings is 1. The van der Waals surface area contributed by atoms with Gasteiger partial charge < -0.3 is 9.30 Å². The maximum absolute atomic E-state index is 13.2. The molecule has 1 unspecified atom stereocenters. The van der Waals surface area contributed by atoms with E-state index in [1.807, 2.05) is 18.2 Å². The van der Waals surface area contributed by atoms with E-state index >= 15 is 0 Å². The number of rotatable bonds is 7. The number of aromatic nitrogens is 1. The molecule has 1 fully saturated rings. The normalized spacial score (nSPS) is 17.6. The van der Waals surface area contributed by atoms with Gasteiger partial charge in [0.15, 0.2) is 4.80 Å². The molecule has 1 amide bonds. The lowest BCUT2D eigenvalue weighted by molar-refractivity contribution is -0.143. The molecule has 1 atom stereocenters. The van der Waals surface area contributed by atoms with Crippen molar-refractivity contribution in [1.29, 1.82) is 0 Å². The predicted molar refractivity (Wildman–Crippen MR) is 128 cm³/mol. The molecule has 176 valence electrons. The van der Waals surface area contributed by atoms with Crippen LogP contribution in [0.2, 0.25) is 0 Å². The molecule has 3 heterocycles. The van der Waals surface area contributed by atoms with Crippen molar-refractivity contribution in [1.82, 2.24) is 8.87 Å². The van der Waals surface area contributed by atoms with Crippen molar-refractivity contribution in [2.75, 3.05) is 13.2 Å². The highest BCUT2D eigenvalue weighted by Gasteiger charge is 2.40. The van der Waals surface area contributed by atoms with Gasteiger partial charge in [0.2, 0.25) is 0 Å². The van der Waals surface area contributed by atoms with E-state index in [9.17, 15) is 18.0 Å². The van der Waals surface area contributed by atoms with Gasteiger partial charge in [0.1, 0.15) is 16.8 Å². The number of fused-ring (bicyclic) bond motifs is 1. The Morgan fingerprint density at radius 3 is 2.76 bits per heavy atom. The van der Waals surface area contributed by atoms with Crippen molar-refractivity contribution in [2.45, 2.75) is 49.9 Å². The molecule has 0 saturated carbocycles. The van der Waals surface area contributed by atoms with Crippen LogP contribution in [0.4, 0.5) is 0 Å². The molecule has 3 aromatic rings. The molecule has 1 aliphatic heterocycles. The van der Waals surface area contributed by atoms with Gasteiger partial charge >= 0.3 is 5.97 Å². The van der Waals surface area contributed by atoms with Crippen molar-refractivity contribution in [3.63, 3.8) is 0 Å². The number of sulfonamides is 1. The third-order valence-corrected chi connectivity index (χ3v) is 9.82. The van der Waals surface area contributed by atoms with Crippen LogP contribution < -0.4 is 4.80 Å². The number of amides is 1. The van der Waals surface area contributed by atoms with E-state index in [0.717, 1.165) is 33.5 Å². The number of esters is 1. The summed E-state index contributed by atoms with van der Waals surface area (Å²) in [6.45, 7) is 4.25. The van der Waals surface area contributed by atoms with Gasteiger partial charge in [-0.2, -0.15) is 9.30 Å². The first kappa shape index (κ1) is 23.8. The molecule has 1 aromatic carbocycles. The van der Waals surface area contributed by atoms with Crippen LogP contribution in [0.3, 0.4) is 0 Å². The van der Waals surface area contributed by atoms with Gasteiger partial charge in [-0.1, -0.05) is 30.4 Å². The molecular weight excluding hydrogens is 482 g/mol. The standard InChI is InChI=1S/C22H25N3O5S3/c1-3-15-9-10-16-18(13-15)32-22(24(16)14-19(26)30-4-2)23-21(27)17-7-5-11-25(17)33(28,29)20-8-6-12-31-20/h6,8-10,12-13,17H,3-5,7,11,14H2,1-2H3. The number of nitrogens with zero attached hydrogens (tertiary/aromatic N) is 3. The summed E-state index contributed by atoms with van der Waals surface area (Å²) in [4.78, 5) is 30.1. The zero-order valence-corrected chi connectivity index (χ0v) is 20.8. The first-order chi connectivity index (χ1) is 15.8. The summed E-state index contributed by atoms with van der Waals surface area (Å²) in [5.41, 5.74) is 1.92. The number of hydrogen-bond donors (Lipinski definition) is 0. The molecule has 0 bridgehead atoms. The first-order valence-corrected chi connectivity index (χ1v) is 13.9. The quantitative estimate of drug-likeness (QED) is 0.458. The number of thiazole rings is 1. The van der Waals surface area contributed by atoms with Crippen LogP contribution in [0, 0.1) is 0 Å². The average Bonchev–Trinajstić information content (AvgIpc) is 3.54. The third kappa shape index (κ3) is 4.81. The summed E-state index contributed by atoms with van der Waals surface area (Å²) >= 11 is 2.44.